The average molecular weight is 236 g/mol. The highest BCUT2D eigenvalue weighted by Crippen LogP contribution is 2.25. The lowest BCUT2D eigenvalue weighted by Gasteiger charge is -2.07. The van der Waals surface area contributed by atoms with E-state index in [1.165, 1.54) is 0 Å². The van der Waals surface area contributed by atoms with Gasteiger partial charge in [0.1, 0.15) is 5.75 Å². The van der Waals surface area contributed by atoms with Gasteiger partial charge in [-0.1, -0.05) is 0 Å². The van der Waals surface area contributed by atoms with Crippen LogP contribution in [0.15, 0.2) is 48.7 Å². The Bertz CT molecular complexity index is 705. The van der Waals surface area contributed by atoms with E-state index in [4.69, 9.17) is 0 Å². The molecule has 0 fully saturated rings. The molecule has 0 aliphatic rings. The van der Waals surface area contributed by atoms with Gasteiger partial charge in [-0.05, 0) is 55.0 Å². The molecule has 0 amide bonds. The molecular formula is C15H12N2O. The maximum atomic E-state index is 9.31. The molecule has 3 rings (SSSR count). The zero-order chi connectivity index (χ0) is 12.5. The molecule has 88 valence electrons. The molecule has 0 saturated heterocycles. The second-order valence-electron chi connectivity index (χ2n) is 4.25. The third-order valence-corrected chi connectivity index (χ3v) is 2.92. The number of aromatic hydroxyl groups is 1. The molecule has 0 atom stereocenters. The Morgan fingerprint density at radius 3 is 2.61 bits per heavy atom. The van der Waals surface area contributed by atoms with E-state index in [9.17, 15) is 5.11 Å². The quantitative estimate of drug-likeness (QED) is 0.705. The van der Waals surface area contributed by atoms with E-state index in [0.29, 0.717) is 0 Å². The highest BCUT2D eigenvalue weighted by Gasteiger charge is 2.06. The van der Waals surface area contributed by atoms with Gasteiger partial charge < -0.3 is 5.11 Å². The van der Waals surface area contributed by atoms with Gasteiger partial charge in [-0.3, -0.25) is 0 Å². The van der Waals surface area contributed by atoms with Crippen LogP contribution in [0.2, 0.25) is 0 Å². The summed E-state index contributed by atoms with van der Waals surface area (Å²) in [6.07, 6.45) is 1.74. The molecule has 1 N–H and O–H groups in total. The lowest BCUT2D eigenvalue weighted by molar-refractivity contribution is 0.475. The van der Waals surface area contributed by atoms with E-state index in [2.05, 4.69) is 16.0 Å². The van der Waals surface area contributed by atoms with Crippen molar-refractivity contribution < 1.29 is 5.11 Å². The molecule has 0 aliphatic carbocycles. The molecule has 3 nitrogen and oxygen atoms in total. The zero-order valence-corrected chi connectivity index (χ0v) is 9.96. The number of nitrogens with zero attached hydrogens (tertiary/aromatic N) is 2. The van der Waals surface area contributed by atoms with Crippen molar-refractivity contribution in [2.75, 3.05) is 0 Å². The van der Waals surface area contributed by atoms with Gasteiger partial charge in [0.2, 0.25) is 0 Å². The zero-order valence-electron chi connectivity index (χ0n) is 9.96. The van der Waals surface area contributed by atoms with E-state index < -0.39 is 0 Å². The summed E-state index contributed by atoms with van der Waals surface area (Å²) in [6.45, 7) is 2.03. The molecule has 3 heteroatoms. The van der Waals surface area contributed by atoms with E-state index in [-0.39, 0.29) is 5.75 Å². The number of aromatic nitrogens is 2. The fourth-order valence-electron chi connectivity index (χ4n) is 2.02. The van der Waals surface area contributed by atoms with Crippen molar-refractivity contribution in [2.24, 2.45) is 0 Å². The Balaban J connectivity index is 2.22. The molecule has 3 aromatic rings. The van der Waals surface area contributed by atoms with Crippen molar-refractivity contribution in [2.45, 2.75) is 6.92 Å². The molecule has 0 aliphatic heterocycles. The lowest BCUT2D eigenvalue weighted by atomic mass is 10.1. The Hall–Kier alpha value is -2.42. The predicted molar refractivity (Wildman–Crippen MR) is 71.4 cm³/mol. The van der Waals surface area contributed by atoms with Gasteiger partial charge in [0.05, 0.1) is 5.69 Å². The molecule has 0 unspecified atom stereocenters. The molecule has 0 spiro atoms. The maximum absolute atomic E-state index is 9.31. The summed E-state index contributed by atoms with van der Waals surface area (Å²) in [4.78, 5) is 8.85. The Morgan fingerprint density at radius 1 is 1.06 bits per heavy atom. The molecular weight excluding hydrogens is 224 g/mol. The summed E-state index contributed by atoms with van der Waals surface area (Å²) in [7, 11) is 0. The van der Waals surface area contributed by atoms with Gasteiger partial charge in [-0.2, -0.15) is 0 Å². The van der Waals surface area contributed by atoms with Gasteiger partial charge in [0, 0.05) is 17.1 Å². The van der Waals surface area contributed by atoms with Crippen molar-refractivity contribution in [1.82, 2.24) is 9.97 Å². The van der Waals surface area contributed by atoms with Crippen molar-refractivity contribution in [1.29, 1.82) is 0 Å². The lowest BCUT2D eigenvalue weighted by Crippen LogP contribution is -1.91. The fraction of sp³-hybridized carbons (Fsp3) is 0.0667. The number of hydrogen-bond acceptors (Lipinski definition) is 3. The standard InChI is InChI=1S/C15H12N2O/c1-10-9-12-3-2-8-16-15(12)17-14(10)11-4-6-13(18)7-5-11/h2-9,18H,1H3. The van der Waals surface area contributed by atoms with Crippen molar-refractivity contribution in [3.8, 4) is 17.0 Å². The maximum Gasteiger partial charge on any atom is 0.159 e. The summed E-state index contributed by atoms with van der Waals surface area (Å²) in [5.74, 6) is 0.260. The van der Waals surface area contributed by atoms with Gasteiger partial charge in [0.25, 0.3) is 0 Å². The minimum Gasteiger partial charge on any atom is -0.508 e. The first kappa shape index (κ1) is 10.7. The molecule has 18 heavy (non-hydrogen) atoms. The topological polar surface area (TPSA) is 46.0 Å². The van der Waals surface area contributed by atoms with Gasteiger partial charge >= 0.3 is 0 Å². The molecule has 1 aromatic carbocycles. The smallest absolute Gasteiger partial charge is 0.159 e. The Labute approximate surface area is 105 Å². The first-order chi connectivity index (χ1) is 8.74. The monoisotopic (exact) mass is 236 g/mol. The van der Waals surface area contributed by atoms with E-state index >= 15 is 0 Å². The predicted octanol–water partition coefficient (Wildman–Crippen LogP) is 3.31. The number of phenolic OH excluding ortho intramolecular Hbond substituents is 1. The second-order valence-corrected chi connectivity index (χ2v) is 4.25. The van der Waals surface area contributed by atoms with Crippen LogP contribution in [-0.4, -0.2) is 15.1 Å². The number of benzene rings is 1. The van der Waals surface area contributed by atoms with Gasteiger partial charge in [-0.25, -0.2) is 9.97 Å². The van der Waals surface area contributed by atoms with Crippen LogP contribution in [0.1, 0.15) is 5.56 Å². The summed E-state index contributed by atoms with van der Waals surface area (Å²) in [5.41, 5.74) is 3.73. The average Bonchev–Trinajstić information content (AvgIpc) is 2.39. The Morgan fingerprint density at radius 2 is 1.83 bits per heavy atom. The SMILES string of the molecule is Cc1cc2cccnc2nc1-c1ccc(O)cc1. The van der Waals surface area contributed by atoms with E-state index in [1.54, 1.807) is 18.3 Å². The normalized spacial score (nSPS) is 10.7. The number of pyridine rings is 2. The fourth-order valence-corrected chi connectivity index (χ4v) is 2.02. The van der Waals surface area contributed by atoms with Crippen LogP contribution in [0, 0.1) is 6.92 Å². The molecule has 2 heterocycles. The summed E-state index contributed by atoms with van der Waals surface area (Å²) < 4.78 is 0. The van der Waals surface area contributed by atoms with Crippen LogP contribution in [-0.2, 0) is 0 Å². The minimum absolute atomic E-state index is 0.260. The van der Waals surface area contributed by atoms with Crippen molar-refractivity contribution in [3.63, 3.8) is 0 Å². The van der Waals surface area contributed by atoms with Gasteiger partial charge in [-0.15, -0.1) is 0 Å². The molecule has 0 radical (unpaired) electrons. The largest absolute Gasteiger partial charge is 0.508 e. The van der Waals surface area contributed by atoms with Crippen LogP contribution < -0.4 is 0 Å². The third-order valence-electron chi connectivity index (χ3n) is 2.92. The van der Waals surface area contributed by atoms with Crippen molar-refractivity contribution in [3.05, 3.63) is 54.2 Å². The second kappa shape index (κ2) is 4.11. The third kappa shape index (κ3) is 1.80. The van der Waals surface area contributed by atoms with Crippen LogP contribution in [0.5, 0.6) is 5.75 Å². The van der Waals surface area contributed by atoms with Gasteiger partial charge in [0.15, 0.2) is 5.65 Å². The minimum atomic E-state index is 0.260. The Kier molecular flexibility index (Phi) is 2.45. The molecule has 0 saturated carbocycles. The van der Waals surface area contributed by atoms with Crippen LogP contribution in [0.25, 0.3) is 22.3 Å². The highest BCUT2D eigenvalue weighted by molar-refractivity contribution is 5.80. The van der Waals surface area contributed by atoms with Crippen LogP contribution in [0.4, 0.5) is 0 Å². The number of rotatable bonds is 1. The molecule has 0 bridgehead atoms. The number of phenols is 1. The van der Waals surface area contributed by atoms with E-state index in [1.807, 2.05) is 31.2 Å². The highest BCUT2D eigenvalue weighted by atomic mass is 16.3. The summed E-state index contributed by atoms with van der Waals surface area (Å²) in [6, 6.07) is 13.0. The first-order valence-corrected chi connectivity index (χ1v) is 5.76. The number of hydrogen-bond donors (Lipinski definition) is 1. The number of aryl methyl sites for hydroxylation is 1. The van der Waals surface area contributed by atoms with Crippen molar-refractivity contribution >= 4 is 11.0 Å². The summed E-state index contributed by atoms with van der Waals surface area (Å²) in [5, 5.41) is 10.4. The number of fused-ring (bicyclic) bond motifs is 1. The first-order valence-electron chi connectivity index (χ1n) is 5.76. The summed E-state index contributed by atoms with van der Waals surface area (Å²) >= 11 is 0. The van der Waals surface area contributed by atoms with Crippen LogP contribution >= 0.6 is 0 Å². The van der Waals surface area contributed by atoms with Crippen LogP contribution in [0.3, 0.4) is 0 Å². The molecule has 2 aromatic heterocycles. The van der Waals surface area contributed by atoms with E-state index in [0.717, 1.165) is 27.9 Å².